The van der Waals surface area contributed by atoms with Crippen molar-refractivity contribution in [1.29, 1.82) is 0 Å². The van der Waals surface area contributed by atoms with Crippen molar-refractivity contribution in [1.82, 2.24) is 0 Å². The molecule has 8 heteroatoms. The first kappa shape index (κ1) is 19.4. The highest BCUT2D eigenvalue weighted by Crippen LogP contribution is 2.27. The molecule has 0 aromatic heterocycles. The number of hydrogen-bond donors (Lipinski definition) is 1. The van der Waals surface area contributed by atoms with Crippen molar-refractivity contribution in [2.24, 2.45) is 5.92 Å². The Morgan fingerprint density at radius 2 is 1.96 bits per heavy atom. The fraction of sp³-hybridized carbons (Fsp3) is 0.211. The summed E-state index contributed by atoms with van der Waals surface area (Å²) < 4.78 is 5.97. The van der Waals surface area contributed by atoms with Crippen molar-refractivity contribution >= 4 is 56.7 Å². The zero-order valence-corrected chi connectivity index (χ0v) is 16.5. The van der Waals surface area contributed by atoms with Crippen molar-refractivity contribution in [2.75, 3.05) is 23.4 Å². The highest BCUT2D eigenvalue weighted by atomic mass is 79.9. The summed E-state index contributed by atoms with van der Waals surface area (Å²) in [5.41, 5.74) is 1.23. The molecule has 1 heterocycles. The molecule has 0 aliphatic carbocycles. The van der Waals surface area contributed by atoms with Gasteiger partial charge in [0.15, 0.2) is 6.61 Å². The van der Waals surface area contributed by atoms with Crippen LogP contribution in [-0.2, 0) is 19.1 Å². The second-order valence-corrected chi connectivity index (χ2v) is 7.40. The lowest BCUT2D eigenvalue weighted by atomic mass is 10.1. The molecule has 1 saturated heterocycles. The number of halogens is 2. The Bertz CT molecular complexity index is 872. The number of hydrogen-bond acceptors (Lipinski definition) is 4. The minimum atomic E-state index is -0.614. The molecule has 3 rings (SSSR count). The van der Waals surface area contributed by atoms with Gasteiger partial charge in [0.2, 0.25) is 5.91 Å². The molecule has 2 amide bonds. The van der Waals surface area contributed by atoms with E-state index in [0.717, 1.165) is 4.47 Å². The first-order valence-electron chi connectivity index (χ1n) is 8.20. The maximum Gasteiger partial charge on any atom is 0.311 e. The molecule has 140 valence electrons. The van der Waals surface area contributed by atoms with E-state index in [1.165, 1.54) is 4.90 Å². The monoisotopic (exact) mass is 450 g/mol. The SMILES string of the molecule is O=C(COC(=O)[C@@H]1CC(=O)N(c2cccc(Cl)c2)C1)Nc1ccc(Br)cc1. The van der Waals surface area contributed by atoms with Crippen molar-refractivity contribution in [3.05, 3.63) is 58.0 Å². The third kappa shape index (κ3) is 5.08. The molecular weight excluding hydrogens is 436 g/mol. The predicted molar refractivity (Wildman–Crippen MR) is 106 cm³/mol. The molecule has 2 aromatic rings. The molecule has 0 radical (unpaired) electrons. The smallest absolute Gasteiger partial charge is 0.311 e. The van der Waals surface area contributed by atoms with E-state index < -0.39 is 24.4 Å². The summed E-state index contributed by atoms with van der Waals surface area (Å²) in [5, 5.41) is 3.15. The average molecular weight is 452 g/mol. The molecule has 0 saturated carbocycles. The molecule has 0 bridgehead atoms. The molecule has 6 nitrogen and oxygen atoms in total. The number of anilines is 2. The van der Waals surface area contributed by atoms with E-state index in [9.17, 15) is 14.4 Å². The van der Waals surface area contributed by atoms with Crippen LogP contribution in [0.15, 0.2) is 53.0 Å². The van der Waals surface area contributed by atoms with E-state index in [1.807, 2.05) is 0 Å². The first-order chi connectivity index (χ1) is 12.9. The van der Waals surface area contributed by atoms with Crippen LogP contribution >= 0.6 is 27.5 Å². The van der Waals surface area contributed by atoms with Gasteiger partial charge in [0.25, 0.3) is 5.91 Å². The fourth-order valence-electron chi connectivity index (χ4n) is 2.74. The molecule has 1 aliphatic heterocycles. The quantitative estimate of drug-likeness (QED) is 0.704. The summed E-state index contributed by atoms with van der Waals surface area (Å²) in [5.74, 6) is -1.81. The number of carbonyl (C=O) groups excluding carboxylic acids is 3. The number of nitrogens with one attached hydrogen (secondary N) is 1. The van der Waals surface area contributed by atoms with Gasteiger partial charge in [0.05, 0.1) is 5.92 Å². The molecule has 1 aliphatic rings. The van der Waals surface area contributed by atoms with Gasteiger partial charge in [-0.15, -0.1) is 0 Å². The lowest BCUT2D eigenvalue weighted by Gasteiger charge is -2.16. The Balaban J connectivity index is 1.52. The fourth-order valence-corrected chi connectivity index (χ4v) is 3.19. The maximum absolute atomic E-state index is 12.2. The molecule has 0 spiro atoms. The summed E-state index contributed by atoms with van der Waals surface area (Å²) in [6.45, 7) is -0.205. The van der Waals surface area contributed by atoms with Crippen LogP contribution < -0.4 is 10.2 Å². The van der Waals surface area contributed by atoms with Gasteiger partial charge in [-0.25, -0.2) is 0 Å². The lowest BCUT2D eigenvalue weighted by molar-refractivity contribution is -0.151. The number of rotatable bonds is 5. The van der Waals surface area contributed by atoms with E-state index in [2.05, 4.69) is 21.2 Å². The van der Waals surface area contributed by atoms with Gasteiger partial charge in [-0.2, -0.15) is 0 Å². The molecule has 2 aromatic carbocycles. The van der Waals surface area contributed by atoms with Crippen molar-refractivity contribution in [3.63, 3.8) is 0 Å². The van der Waals surface area contributed by atoms with Crippen LogP contribution in [0.2, 0.25) is 5.02 Å². The molecule has 1 atom stereocenters. The number of carbonyl (C=O) groups is 3. The van der Waals surface area contributed by atoms with Gasteiger partial charge in [0.1, 0.15) is 0 Å². The van der Waals surface area contributed by atoms with E-state index in [0.29, 0.717) is 16.4 Å². The van der Waals surface area contributed by atoms with Crippen LogP contribution in [0.1, 0.15) is 6.42 Å². The Labute approximate surface area is 169 Å². The van der Waals surface area contributed by atoms with Crippen molar-refractivity contribution < 1.29 is 19.1 Å². The summed E-state index contributed by atoms with van der Waals surface area (Å²) in [6.07, 6.45) is 0.0413. The molecular formula is C19H16BrClN2O4. The number of amides is 2. The summed E-state index contributed by atoms with van der Waals surface area (Å²) in [4.78, 5) is 37.8. The molecule has 1 N–H and O–H groups in total. The zero-order chi connectivity index (χ0) is 19.4. The van der Waals surface area contributed by atoms with E-state index >= 15 is 0 Å². The van der Waals surface area contributed by atoms with Gasteiger partial charge < -0.3 is 15.0 Å². The topological polar surface area (TPSA) is 75.7 Å². The third-order valence-corrected chi connectivity index (χ3v) is 4.82. The van der Waals surface area contributed by atoms with E-state index in [1.54, 1.807) is 48.5 Å². The summed E-state index contributed by atoms with van der Waals surface area (Å²) in [7, 11) is 0. The normalized spacial score (nSPS) is 16.3. The second kappa shape index (κ2) is 8.54. The first-order valence-corrected chi connectivity index (χ1v) is 9.37. The minimum absolute atomic E-state index is 0.0413. The Morgan fingerprint density at radius 3 is 2.67 bits per heavy atom. The number of esters is 1. The lowest BCUT2D eigenvalue weighted by Crippen LogP contribution is -2.28. The van der Waals surface area contributed by atoms with Crippen molar-refractivity contribution in [3.8, 4) is 0 Å². The zero-order valence-electron chi connectivity index (χ0n) is 14.2. The highest BCUT2D eigenvalue weighted by molar-refractivity contribution is 9.10. The minimum Gasteiger partial charge on any atom is -0.455 e. The Hall–Kier alpha value is -2.38. The van der Waals surface area contributed by atoms with E-state index in [4.69, 9.17) is 16.3 Å². The number of ether oxygens (including phenoxy) is 1. The van der Waals surface area contributed by atoms with Crippen LogP contribution in [0.25, 0.3) is 0 Å². The number of benzene rings is 2. The van der Waals surface area contributed by atoms with Crippen LogP contribution in [0.3, 0.4) is 0 Å². The van der Waals surface area contributed by atoms with Gasteiger partial charge in [-0.05, 0) is 42.5 Å². The third-order valence-electron chi connectivity index (χ3n) is 4.05. The average Bonchev–Trinajstić information content (AvgIpc) is 3.03. The maximum atomic E-state index is 12.2. The van der Waals surface area contributed by atoms with Crippen molar-refractivity contribution in [2.45, 2.75) is 6.42 Å². The number of nitrogens with zero attached hydrogens (tertiary/aromatic N) is 1. The van der Waals surface area contributed by atoms with Gasteiger partial charge in [-0.3, -0.25) is 14.4 Å². The Morgan fingerprint density at radius 1 is 1.22 bits per heavy atom. The van der Waals surface area contributed by atoms with Crippen LogP contribution in [0.5, 0.6) is 0 Å². The standard InChI is InChI=1S/C19H16BrClN2O4/c20-13-4-6-15(7-5-13)22-17(24)11-27-19(26)12-8-18(25)23(10-12)16-3-1-2-14(21)9-16/h1-7,9,12H,8,10-11H2,(H,22,24)/t12-/m1/s1. The Kier molecular flexibility index (Phi) is 6.13. The highest BCUT2D eigenvalue weighted by Gasteiger charge is 2.36. The largest absolute Gasteiger partial charge is 0.455 e. The predicted octanol–water partition coefficient (Wildman–Crippen LogP) is 3.64. The van der Waals surface area contributed by atoms with Gasteiger partial charge >= 0.3 is 5.97 Å². The molecule has 27 heavy (non-hydrogen) atoms. The van der Waals surface area contributed by atoms with E-state index in [-0.39, 0.29) is 18.9 Å². The van der Waals surface area contributed by atoms with Crippen LogP contribution in [0.4, 0.5) is 11.4 Å². The van der Waals surface area contributed by atoms with Gasteiger partial charge in [-0.1, -0.05) is 33.6 Å². The molecule has 1 fully saturated rings. The summed E-state index contributed by atoms with van der Waals surface area (Å²) >= 11 is 9.26. The molecule has 0 unspecified atom stereocenters. The van der Waals surface area contributed by atoms with Gasteiger partial charge in [0, 0.05) is 33.8 Å². The van der Waals surface area contributed by atoms with Crippen LogP contribution in [0, 0.1) is 5.92 Å². The second-order valence-electron chi connectivity index (χ2n) is 6.05. The summed E-state index contributed by atoms with van der Waals surface area (Å²) in [6, 6.07) is 13.9. The van der Waals surface area contributed by atoms with Crippen LogP contribution in [-0.4, -0.2) is 30.9 Å².